The van der Waals surface area contributed by atoms with Gasteiger partial charge < -0.3 is 9.15 Å². The lowest BCUT2D eigenvalue weighted by atomic mass is 10.3. The molecule has 1 aromatic carbocycles. The fraction of sp³-hybridized carbons (Fsp3) is 0.0909. The van der Waals surface area contributed by atoms with Crippen LogP contribution >= 0.6 is 11.6 Å². The Bertz CT molecular complexity index is 395. The van der Waals surface area contributed by atoms with Gasteiger partial charge in [-0.15, -0.1) is 11.6 Å². The van der Waals surface area contributed by atoms with Gasteiger partial charge in [0.1, 0.15) is 11.5 Å². The molecule has 0 radical (unpaired) electrons. The fourth-order valence-corrected chi connectivity index (χ4v) is 1.23. The zero-order chi connectivity index (χ0) is 9.80. The molecule has 2 rings (SSSR count). The van der Waals surface area contributed by atoms with Crippen molar-refractivity contribution in [1.82, 2.24) is 0 Å². The molecule has 0 aliphatic heterocycles. The summed E-state index contributed by atoms with van der Waals surface area (Å²) in [6.07, 6.45) is 0. The lowest BCUT2D eigenvalue weighted by Gasteiger charge is -1.99. The van der Waals surface area contributed by atoms with Crippen molar-refractivity contribution in [3.05, 3.63) is 48.2 Å². The van der Waals surface area contributed by atoms with Gasteiger partial charge in [0.15, 0.2) is 0 Å². The number of benzene rings is 1. The van der Waals surface area contributed by atoms with Crippen molar-refractivity contribution in [2.24, 2.45) is 0 Å². The highest BCUT2D eigenvalue weighted by atomic mass is 35.5. The molecule has 0 spiro atoms. The number of hydrogen-bond donors (Lipinski definition) is 0. The second-order valence-corrected chi connectivity index (χ2v) is 3.04. The highest BCUT2D eigenvalue weighted by molar-refractivity contribution is 6.16. The van der Waals surface area contributed by atoms with Crippen LogP contribution in [0.25, 0.3) is 0 Å². The molecule has 0 saturated heterocycles. The average Bonchev–Trinajstić information content (AvgIpc) is 2.67. The number of alkyl halides is 1. The summed E-state index contributed by atoms with van der Waals surface area (Å²) in [7, 11) is 0. The topological polar surface area (TPSA) is 22.4 Å². The lowest BCUT2D eigenvalue weighted by molar-refractivity contribution is 0.336. The molecule has 0 aliphatic rings. The van der Waals surface area contributed by atoms with E-state index < -0.39 is 0 Å². The minimum absolute atomic E-state index is 0.359. The molecule has 0 fully saturated rings. The third-order valence-corrected chi connectivity index (χ3v) is 1.99. The zero-order valence-corrected chi connectivity index (χ0v) is 8.20. The monoisotopic (exact) mass is 208 g/mol. The Morgan fingerprint density at radius 2 is 1.86 bits per heavy atom. The van der Waals surface area contributed by atoms with Crippen LogP contribution in [0.3, 0.4) is 0 Å². The number of hydrogen-bond acceptors (Lipinski definition) is 2. The van der Waals surface area contributed by atoms with E-state index in [1.807, 2.05) is 30.3 Å². The number of halogens is 1. The average molecular weight is 209 g/mol. The number of rotatable bonds is 3. The van der Waals surface area contributed by atoms with Crippen LogP contribution in [0, 0.1) is 0 Å². The van der Waals surface area contributed by atoms with Gasteiger partial charge in [0, 0.05) is 6.07 Å². The van der Waals surface area contributed by atoms with Gasteiger partial charge in [-0.25, -0.2) is 0 Å². The summed E-state index contributed by atoms with van der Waals surface area (Å²) in [5.74, 6) is 2.28. The van der Waals surface area contributed by atoms with Gasteiger partial charge in [0.25, 0.3) is 5.95 Å². The molecule has 72 valence electrons. The third kappa shape index (κ3) is 2.09. The van der Waals surface area contributed by atoms with Gasteiger partial charge in [-0.2, -0.15) is 0 Å². The lowest BCUT2D eigenvalue weighted by Crippen LogP contribution is -1.79. The quantitative estimate of drug-likeness (QED) is 0.716. The predicted molar refractivity (Wildman–Crippen MR) is 54.8 cm³/mol. The largest absolute Gasteiger partial charge is 0.429 e. The third-order valence-electron chi connectivity index (χ3n) is 1.73. The van der Waals surface area contributed by atoms with Crippen LogP contribution in [0.4, 0.5) is 0 Å². The van der Waals surface area contributed by atoms with E-state index in [2.05, 4.69) is 0 Å². The summed E-state index contributed by atoms with van der Waals surface area (Å²) in [4.78, 5) is 0. The van der Waals surface area contributed by atoms with Crippen LogP contribution in [-0.2, 0) is 5.88 Å². The number of para-hydroxylation sites is 1. The minimum Gasteiger partial charge on any atom is -0.429 e. The maximum atomic E-state index is 5.59. The van der Waals surface area contributed by atoms with Crippen LogP contribution in [-0.4, -0.2) is 0 Å². The number of furan rings is 1. The Morgan fingerprint density at radius 1 is 1.07 bits per heavy atom. The first-order valence-electron chi connectivity index (χ1n) is 4.26. The van der Waals surface area contributed by atoms with E-state index >= 15 is 0 Å². The molecule has 1 aromatic heterocycles. The minimum atomic E-state index is 0.359. The van der Waals surface area contributed by atoms with Crippen molar-refractivity contribution in [3.8, 4) is 11.7 Å². The zero-order valence-electron chi connectivity index (χ0n) is 7.44. The van der Waals surface area contributed by atoms with Crippen LogP contribution in [0.2, 0.25) is 0 Å². The predicted octanol–water partition coefficient (Wildman–Crippen LogP) is 3.81. The number of ether oxygens (including phenoxy) is 1. The molecule has 1 heterocycles. The van der Waals surface area contributed by atoms with E-state index in [1.165, 1.54) is 0 Å². The molecule has 0 amide bonds. The Labute approximate surface area is 87.1 Å². The molecule has 0 bridgehead atoms. The molecule has 0 unspecified atom stereocenters. The van der Waals surface area contributed by atoms with Crippen LogP contribution in [0.5, 0.6) is 11.7 Å². The van der Waals surface area contributed by atoms with E-state index in [1.54, 1.807) is 12.1 Å². The molecular formula is C11H9ClO2. The molecular weight excluding hydrogens is 200 g/mol. The van der Waals surface area contributed by atoms with Crippen molar-refractivity contribution < 1.29 is 9.15 Å². The molecule has 14 heavy (non-hydrogen) atoms. The second kappa shape index (κ2) is 4.20. The van der Waals surface area contributed by atoms with E-state index in [0.717, 1.165) is 5.75 Å². The summed E-state index contributed by atoms with van der Waals surface area (Å²) >= 11 is 5.59. The van der Waals surface area contributed by atoms with Crippen molar-refractivity contribution >= 4 is 11.6 Å². The van der Waals surface area contributed by atoms with Gasteiger partial charge in [-0.3, -0.25) is 0 Å². The first-order chi connectivity index (χ1) is 6.88. The second-order valence-electron chi connectivity index (χ2n) is 2.77. The highest BCUT2D eigenvalue weighted by Crippen LogP contribution is 2.23. The summed E-state index contributed by atoms with van der Waals surface area (Å²) in [6.45, 7) is 0. The SMILES string of the molecule is ClCc1ccc(Oc2ccccc2)o1. The van der Waals surface area contributed by atoms with Crippen LogP contribution in [0.1, 0.15) is 5.76 Å². The maximum absolute atomic E-state index is 5.59. The maximum Gasteiger partial charge on any atom is 0.290 e. The van der Waals surface area contributed by atoms with E-state index in [0.29, 0.717) is 17.6 Å². The van der Waals surface area contributed by atoms with E-state index in [9.17, 15) is 0 Å². The molecule has 3 heteroatoms. The Morgan fingerprint density at radius 3 is 2.50 bits per heavy atom. The standard InChI is InChI=1S/C11H9ClO2/c12-8-10-6-7-11(14-10)13-9-4-2-1-3-5-9/h1-7H,8H2. The van der Waals surface area contributed by atoms with E-state index in [-0.39, 0.29) is 0 Å². The van der Waals surface area contributed by atoms with Crippen molar-refractivity contribution in [1.29, 1.82) is 0 Å². The van der Waals surface area contributed by atoms with E-state index in [4.69, 9.17) is 20.8 Å². The molecule has 2 nitrogen and oxygen atoms in total. The summed E-state index contributed by atoms with van der Waals surface area (Å²) in [6, 6.07) is 13.0. The van der Waals surface area contributed by atoms with Crippen molar-refractivity contribution in [2.75, 3.05) is 0 Å². The molecule has 0 atom stereocenters. The van der Waals surface area contributed by atoms with Gasteiger partial charge in [0.05, 0.1) is 5.88 Å². The van der Waals surface area contributed by atoms with Crippen LogP contribution < -0.4 is 4.74 Å². The molecule has 0 N–H and O–H groups in total. The smallest absolute Gasteiger partial charge is 0.290 e. The Kier molecular flexibility index (Phi) is 2.75. The summed E-state index contributed by atoms with van der Waals surface area (Å²) in [5, 5.41) is 0. The van der Waals surface area contributed by atoms with Gasteiger partial charge in [-0.1, -0.05) is 18.2 Å². The first kappa shape index (κ1) is 9.16. The van der Waals surface area contributed by atoms with Gasteiger partial charge in [-0.05, 0) is 18.2 Å². The molecule has 0 aliphatic carbocycles. The van der Waals surface area contributed by atoms with Gasteiger partial charge in [0.2, 0.25) is 0 Å². The summed E-state index contributed by atoms with van der Waals surface area (Å²) in [5.41, 5.74) is 0. The van der Waals surface area contributed by atoms with Crippen molar-refractivity contribution in [3.63, 3.8) is 0 Å². The van der Waals surface area contributed by atoms with Crippen molar-refractivity contribution in [2.45, 2.75) is 5.88 Å². The van der Waals surface area contributed by atoms with Crippen LogP contribution in [0.15, 0.2) is 46.9 Å². The Hall–Kier alpha value is -1.41. The fourth-order valence-electron chi connectivity index (χ4n) is 1.09. The van der Waals surface area contributed by atoms with Gasteiger partial charge >= 0.3 is 0 Å². The molecule has 2 aromatic rings. The molecule has 0 saturated carbocycles. The summed E-state index contributed by atoms with van der Waals surface area (Å²) < 4.78 is 10.7. The normalized spacial score (nSPS) is 10.1. The first-order valence-corrected chi connectivity index (χ1v) is 4.79. The Balaban J connectivity index is 2.11. The highest BCUT2D eigenvalue weighted by Gasteiger charge is 2.02.